The van der Waals surface area contributed by atoms with Gasteiger partial charge in [-0.3, -0.25) is 9.48 Å². The molecule has 0 unspecified atom stereocenters. The number of alkyl halides is 1. The summed E-state index contributed by atoms with van der Waals surface area (Å²) in [6.45, 7) is 11.6. The van der Waals surface area contributed by atoms with E-state index in [1.54, 1.807) is 18.5 Å². The minimum absolute atomic E-state index is 0.00123. The Morgan fingerprint density at radius 2 is 1.87 bits per heavy atom. The first-order valence-corrected chi connectivity index (χ1v) is 19.2. The highest BCUT2D eigenvalue weighted by Gasteiger charge is 2.54. The Morgan fingerprint density at radius 3 is 2.53 bits per heavy atom. The second-order valence-electron chi connectivity index (χ2n) is 15.5. The largest absolute Gasteiger partial charge is 0.455 e. The minimum Gasteiger partial charge on any atom is -0.455 e. The predicted octanol–water partition coefficient (Wildman–Crippen LogP) is 5.49. The molecule has 13 heteroatoms. The van der Waals surface area contributed by atoms with Gasteiger partial charge in [0.2, 0.25) is 0 Å². The molecule has 1 aliphatic heterocycles. The van der Waals surface area contributed by atoms with Crippen LogP contribution in [0.4, 0.5) is 10.1 Å². The summed E-state index contributed by atoms with van der Waals surface area (Å²) in [6.07, 6.45) is 11.8. The van der Waals surface area contributed by atoms with Crippen molar-refractivity contribution in [3.63, 3.8) is 0 Å². The van der Waals surface area contributed by atoms with E-state index in [1.807, 2.05) is 67.7 Å². The minimum atomic E-state index is -3.00. The topological polar surface area (TPSA) is 143 Å². The smallest absolute Gasteiger partial charge is 0.351 e. The Morgan fingerprint density at radius 1 is 1.15 bits per heavy atom. The van der Waals surface area contributed by atoms with Crippen LogP contribution in [0.2, 0.25) is 5.82 Å². The summed E-state index contributed by atoms with van der Waals surface area (Å²) in [7, 11) is 8.18. The predicted molar refractivity (Wildman–Crippen MR) is 214 cm³/mol. The number of nitrogen functional groups attached to an aromatic ring is 1. The third-order valence-corrected chi connectivity index (χ3v) is 11.2. The number of halogens is 1. The van der Waals surface area contributed by atoms with Gasteiger partial charge in [-0.05, 0) is 95.4 Å². The van der Waals surface area contributed by atoms with Crippen LogP contribution in [0.15, 0.2) is 60.8 Å². The molecular weight excluding hydrogens is 698 g/mol. The van der Waals surface area contributed by atoms with Gasteiger partial charge < -0.3 is 30.6 Å². The van der Waals surface area contributed by atoms with Gasteiger partial charge in [0.25, 0.3) is 5.67 Å². The normalized spacial score (nSPS) is 31.1. The van der Waals surface area contributed by atoms with Gasteiger partial charge in [-0.2, -0.15) is 0 Å². The zero-order chi connectivity index (χ0) is 40.4. The van der Waals surface area contributed by atoms with Crippen molar-refractivity contribution in [2.24, 2.45) is 11.8 Å². The lowest BCUT2D eigenvalue weighted by molar-refractivity contribution is -0.182. The Labute approximate surface area is 327 Å². The molecule has 1 aliphatic rings. The average Bonchev–Trinajstić information content (AvgIpc) is 3.65. The van der Waals surface area contributed by atoms with Crippen LogP contribution in [-0.4, -0.2) is 89.9 Å². The first kappa shape index (κ1) is 43.5. The summed E-state index contributed by atoms with van der Waals surface area (Å²) in [5, 5.41) is 16.1. The first-order chi connectivity index (χ1) is 26.1. The van der Waals surface area contributed by atoms with Gasteiger partial charge in [-0.15, -0.1) is 5.10 Å². The zero-order valence-corrected chi connectivity index (χ0v) is 33.4. The van der Waals surface area contributed by atoms with Crippen LogP contribution in [-0.2, 0) is 36.8 Å². The van der Waals surface area contributed by atoms with E-state index in [4.69, 9.17) is 34.2 Å². The zero-order valence-electron chi connectivity index (χ0n) is 33.4. The van der Waals surface area contributed by atoms with E-state index >= 15 is 4.39 Å². The number of aryl methyl sites for hydroxylation is 1. The van der Waals surface area contributed by atoms with Crippen molar-refractivity contribution in [3.8, 4) is 23.8 Å². The molecule has 0 spiro atoms. The van der Waals surface area contributed by atoms with E-state index in [9.17, 15) is 9.59 Å². The number of terminal acetylenes is 1. The number of anilines is 1. The number of methoxy groups -OCH3 is 1. The van der Waals surface area contributed by atoms with Crippen molar-refractivity contribution < 1.29 is 28.2 Å². The fraction of sp³-hybridized carbons (Fsp3) is 0.571. The van der Waals surface area contributed by atoms with E-state index in [0.717, 1.165) is 36.6 Å². The van der Waals surface area contributed by atoms with Gasteiger partial charge in [-0.25, -0.2) is 9.18 Å². The number of ketones is 1. The Hall–Kier alpha value is -4.25. The maximum Gasteiger partial charge on any atom is 0.351 e. The highest BCUT2D eigenvalue weighted by atomic mass is 19.1. The number of hydrogen-bond acceptors (Lipinski definition) is 10. The van der Waals surface area contributed by atoms with Crippen LogP contribution in [0, 0.1) is 24.4 Å². The van der Waals surface area contributed by atoms with E-state index in [1.165, 1.54) is 14.0 Å². The summed E-state index contributed by atoms with van der Waals surface area (Å²) < 4.78 is 36.3. The van der Waals surface area contributed by atoms with Crippen molar-refractivity contribution >= 4 is 25.3 Å². The van der Waals surface area contributed by atoms with Crippen molar-refractivity contribution in [2.75, 3.05) is 25.9 Å². The number of carbonyl (C=O) groups is 2. The molecule has 1 fully saturated rings. The average molecular weight is 757 g/mol. The summed E-state index contributed by atoms with van der Waals surface area (Å²) in [5.74, 6) is -4.28. The fourth-order valence-electron chi connectivity index (χ4n) is 7.81. The third kappa shape index (κ3) is 10.5. The van der Waals surface area contributed by atoms with Crippen LogP contribution >= 0.6 is 0 Å². The van der Waals surface area contributed by atoms with Crippen LogP contribution in [0.3, 0.4) is 0 Å². The molecule has 0 aliphatic carbocycles. The maximum atomic E-state index is 16.5. The molecule has 0 bridgehead atoms. The number of esters is 1. The Balaban J connectivity index is 1.68. The fourth-order valence-corrected chi connectivity index (χ4v) is 7.81. The summed E-state index contributed by atoms with van der Waals surface area (Å²) in [6, 6.07) is 16.6. The van der Waals surface area contributed by atoms with Gasteiger partial charge in [0.1, 0.15) is 17.9 Å². The third-order valence-electron chi connectivity index (χ3n) is 11.2. The Bertz CT molecular complexity index is 1750. The monoisotopic (exact) mass is 756 g/mol. The lowest BCUT2D eigenvalue weighted by atomic mass is 9.62. The molecule has 55 heavy (non-hydrogen) atoms. The number of Topliss-reactive ketones (excluding diaryl/α,β-unsaturated/α-hetero) is 1. The van der Waals surface area contributed by atoms with E-state index in [-0.39, 0.29) is 18.4 Å². The van der Waals surface area contributed by atoms with Crippen molar-refractivity contribution in [3.05, 3.63) is 66.4 Å². The lowest BCUT2D eigenvalue weighted by Gasteiger charge is -2.45. The molecule has 0 saturated carbocycles. The molecule has 2 aromatic carbocycles. The molecule has 11 nitrogen and oxygen atoms in total. The number of benzene rings is 2. The molecule has 1 aromatic heterocycles. The number of ether oxygens (including phenoxy) is 3. The number of hydrogen-bond donors (Lipinski definition) is 3. The van der Waals surface area contributed by atoms with Gasteiger partial charge in [0, 0.05) is 36.9 Å². The molecule has 0 amide bonds. The number of nitrogens with zero attached hydrogens (tertiary/aromatic N) is 3. The van der Waals surface area contributed by atoms with Crippen molar-refractivity contribution in [2.45, 2.75) is 121 Å². The number of nitrogens with one attached hydrogen (secondary N) is 2. The molecular formula is C42H58BFN6O5. The molecule has 296 valence electrons. The number of rotatable bonds is 12. The molecule has 2 radical (unpaired) electrons. The number of unbranched alkanes of at least 4 members (excludes halogenated alkanes) is 1. The standard InChI is InChI=1S/C42H58BFN6O5/c1-9-35-42(7,54-10-2)37(46-21-14-15-22-50-27-34(48-49-50)31-19-16-20-32(45)24-31)33(23-30-17-12-11-13-18-30)47-26-28(3)25-40(5,53-8)36(43)29(4)38(51)41(6,44)39(52)55-35/h2,11-13,16-20,24,27-29,33,35-37,46-47H,9,14-15,21-23,25-26,45H2,1,3-8H3/t28-,29-,33-,35-,36-,37-,40-,41+,42-/m1/s1. The molecule has 9 atom stereocenters. The van der Waals surface area contributed by atoms with Crippen molar-refractivity contribution in [1.29, 1.82) is 0 Å². The molecule has 4 rings (SSSR count). The van der Waals surface area contributed by atoms with E-state index in [2.05, 4.69) is 34.0 Å². The van der Waals surface area contributed by atoms with Crippen LogP contribution in [0.5, 0.6) is 0 Å². The first-order valence-electron chi connectivity index (χ1n) is 19.2. The highest BCUT2D eigenvalue weighted by molar-refractivity contribution is 6.17. The number of aromatic nitrogens is 3. The SMILES string of the molecule is [B][C@@H]1[C@@H](C)C(=O)[C@](C)(F)C(=O)O[C@H](CC)[C@@](C)(OC#C)[C@H](NCCCCn2cc(-c3cccc(N)c3)nn2)[C@@H](Cc2ccccc2)NC[C@H](C)C[C@@]1(C)OC. The lowest BCUT2D eigenvalue weighted by Crippen LogP contribution is -2.66. The highest BCUT2D eigenvalue weighted by Crippen LogP contribution is 2.40. The summed E-state index contributed by atoms with van der Waals surface area (Å²) in [4.78, 5) is 27.4. The van der Waals surface area contributed by atoms with Crippen LogP contribution in [0.1, 0.15) is 72.8 Å². The Kier molecular flexibility index (Phi) is 15.1. The quantitative estimate of drug-likeness (QED) is 0.0543. The van der Waals surface area contributed by atoms with E-state index < -0.39 is 52.5 Å². The molecule has 1 saturated heterocycles. The van der Waals surface area contributed by atoms with Gasteiger partial charge in [0.15, 0.2) is 11.4 Å². The van der Waals surface area contributed by atoms with Gasteiger partial charge in [0.05, 0.1) is 25.7 Å². The van der Waals surface area contributed by atoms with Crippen LogP contribution < -0.4 is 16.4 Å². The summed E-state index contributed by atoms with van der Waals surface area (Å²) in [5.41, 5.74) is 3.92. The summed E-state index contributed by atoms with van der Waals surface area (Å²) >= 11 is 0. The molecule has 2 heterocycles. The van der Waals surface area contributed by atoms with E-state index in [0.29, 0.717) is 38.2 Å². The number of carbonyl (C=O) groups excluding carboxylic acids is 2. The molecule has 3 aromatic rings. The second kappa shape index (κ2) is 19.1. The second-order valence-corrected chi connectivity index (χ2v) is 15.5. The van der Waals surface area contributed by atoms with Gasteiger partial charge in [-0.1, -0.05) is 74.9 Å². The number of cyclic esters (lactones) is 1. The molecule has 4 N–H and O–H groups in total. The maximum absolute atomic E-state index is 16.5. The van der Waals surface area contributed by atoms with Crippen molar-refractivity contribution in [1.82, 2.24) is 25.6 Å². The van der Waals surface area contributed by atoms with Gasteiger partial charge >= 0.3 is 5.97 Å². The number of nitrogens with two attached hydrogens (primary N) is 1. The van der Waals surface area contributed by atoms with Crippen LogP contribution in [0.25, 0.3) is 11.3 Å².